The third-order valence-electron chi connectivity index (χ3n) is 2.72. The zero-order valence-corrected chi connectivity index (χ0v) is 8.69. The first-order chi connectivity index (χ1) is 7.22. The number of esters is 1. The second-order valence-corrected chi connectivity index (χ2v) is 3.88. The second-order valence-electron chi connectivity index (χ2n) is 3.88. The number of phenolic OH excluding ortho intramolecular Hbond substituents is 1. The Morgan fingerprint density at radius 3 is 2.87 bits per heavy atom. The van der Waals surface area contributed by atoms with E-state index in [-0.39, 0.29) is 12.4 Å². The Morgan fingerprint density at radius 1 is 1.53 bits per heavy atom. The van der Waals surface area contributed by atoms with E-state index in [0.29, 0.717) is 11.7 Å². The summed E-state index contributed by atoms with van der Waals surface area (Å²) in [6.07, 6.45) is 2.45. The van der Waals surface area contributed by atoms with Crippen molar-refractivity contribution in [3.8, 4) is 5.75 Å². The van der Waals surface area contributed by atoms with Crippen molar-refractivity contribution in [3.63, 3.8) is 0 Å². The Hall–Kier alpha value is -1.51. The molecule has 0 atom stereocenters. The highest BCUT2D eigenvalue weighted by molar-refractivity contribution is 5.73. The SMILES string of the molecule is COC(=O)Cc1cccc(O)c1C1CC1. The third kappa shape index (κ3) is 2.12. The molecule has 3 heteroatoms. The van der Waals surface area contributed by atoms with Crippen LogP contribution in [0.25, 0.3) is 0 Å². The van der Waals surface area contributed by atoms with Crippen LogP contribution < -0.4 is 0 Å². The molecule has 1 aromatic carbocycles. The average molecular weight is 206 g/mol. The molecule has 0 saturated heterocycles. The molecule has 2 rings (SSSR count). The number of ether oxygens (including phenoxy) is 1. The summed E-state index contributed by atoms with van der Waals surface area (Å²) in [5, 5.41) is 9.74. The van der Waals surface area contributed by atoms with Crippen molar-refractivity contribution in [2.45, 2.75) is 25.2 Å². The molecule has 80 valence electrons. The quantitative estimate of drug-likeness (QED) is 0.769. The van der Waals surface area contributed by atoms with Crippen LogP contribution in [0.5, 0.6) is 5.75 Å². The number of hydrogen-bond donors (Lipinski definition) is 1. The Balaban J connectivity index is 2.28. The van der Waals surface area contributed by atoms with E-state index < -0.39 is 0 Å². The van der Waals surface area contributed by atoms with Crippen molar-refractivity contribution >= 4 is 5.97 Å². The van der Waals surface area contributed by atoms with Crippen LogP contribution >= 0.6 is 0 Å². The van der Waals surface area contributed by atoms with Gasteiger partial charge in [0, 0.05) is 5.56 Å². The van der Waals surface area contributed by atoms with Crippen LogP contribution in [-0.4, -0.2) is 18.2 Å². The van der Waals surface area contributed by atoms with Crippen molar-refractivity contribution in [2.24, 2.45) is 0 Å². The summed E-state index contributed by atoms with van der Waals surface area (Å²) >= 11 is 0. The molecule has 0 unspecified atom stereocenters. The number of aromatic hydroxyl groups is 1. The normalized spacial score (nSPS) is 15.0. The highest BCUT2D eigenvalue weighted by atomic mass is 16.5. The maximum Gasteiger partial charge on any atom is 0.309 e. The molecule has 1 saturated carbocycles. The monoisotopic (exact) mass is 206 g/mol. The Morgan fingerprint density at radius 2 is 2.27 bits per heavy atom. The smallest absolute Gasteiger partial charge is 0.309 e. The molecule has 1 N–H and O–H groups in total. The van der Waals surface area contributed by atoms with Gasteiger partial charge in [0.05, 0.1) is 13.5 Å². The molecule has 0 radical (unpaired) electrons. The van der Waals surface area contributed by atoms with Gasteiger partial charge in [-0.05, 0) is 30.4 Å². The first-order valence-corrected chi connectivity index (χ1v) is 5.10. The molecule has 1 fully saturated rings. The molecule has 3 nitrogen and oxygen atoms in total. The molecule has 0 aromatic heterocycles. The van der Waals surface area contributed by atoms with E-state index in [1.54, 1.807) is 12.1 Å². The largest absolute Gasteiger partial charge is 0.508 e. The van der Waals surface area contributed by atoms with Crippen LogP contribution in [0.2, 0.25) is 0 Å². The molecule has 0 aliphatic heterocycles. The summed E-state index contributed by atoms with van der Waals surface area (Å²) in [6.45, 7) is 0. The summed E-state index contributed by atoms with van der Waals surface area (Å²) in [6, 6.07) is 5.32. The molecule has 15 heavy (non-hydrogen) atoms. The number of benzene rings is 1. The van der Waals surface area contributed by atoms with E-state index in [2.05, 4.69) is 4.74 Å². The minimum Gasteiger partial charge on any atom is -0.508 e. The zero-order valence-electron chi connectivity index (χ0n) is 8.69. The summed E-state index contributed by atoms with van der Waals surface area (Å²) in [5.74, 6) is 0.479. The summed E-state index contributed by atoms with van der Waals surface area (Å²) in [7, 11) is 1.38. The lowest BCUT2D eigenvalue weighted by atomic mass is 9.99. The van der Waals surface area contributed by atoms with Crippen LogP contribution in [0.4, 0.5) is 0 Å². The van der Waals surface area contributed by atoms with Gasteiger partial charge in [-0.15, -0.1) is 0 Å². The van der Waals surface area contributed by atoms with Gasteiger partial charge in [-0.3, -0.25) is 4.79 Å². The van der Waals surface area contributed by atoms with Gasteiger partial charge >= 0.3 is 5.97 Å². The molecule has 0 bridgehead atoms. The molecule has 1 aliphatic rings. The summed E-state index contributed by atoms with van der Waals surface area (Å²) in [4.78, 5) is 11.2. The standard InChI is InChI=1S/C12H14O3/c1-15-11(14)7-9-3-2-4-10(13)12(9)8-5-6-8/h2-4,8,13H,5-7H2,1H3. The molecule has 1 aliphatic carbocycles. The van der Waals surface area contributed by atoms with E-state index in [1.807, 2.05) is 6.07 Å². The lowest BCUT2D eigenvalue weighted by Crippen LogP contribution is -2.06. The zero-order chi connectivity index (χ0) is 10.8. The van der Waals surface area contributed by atoms with Gasteiger partial charge in [-0.2, -0.15) is 0 Å². The number of carbonyl (C=O) groups excluding carboxylic acids is 1. The first-order valence-electron chi connectivity index (χ1n) is 5.10. The molecule has 1 aromatic rings. The lowest BCUT2D eigenvalue weighted by Gasteiger charge is -2.09. The molecule has 0 spiro atoms. The lowest BCUT2D eigenvalue weighted by molar-refractivity contribution is -0.139. The highest BCUT2D eigenvalue weighted by Crippen LogP contribution is 2.45. The maximum atomic E-state index is 11.2. The Bertz CT molecular complexity index is 380. The topological polar surface area (TPSA) is 46.5 Å². The molecular weight excluding hydrogens is 192 g/mol. The number of methoxy groups -OCH3 is 1. The fourth-order valence-electron chi connectivity index (χ4n) is 1.82. The van der Waals surface area contributed by atoms with Gasteiger partial charge in [0.15, 0.2) is 0 Å². The van der Waals surface area contributed by atoms with Crippen molar-refractivity contribution < 1.29 is 14.6 Å². The number of phenols is 1. The average Bonchev–Trinajstić information content (AvgIpc) is 3.01. The summed E-state index contributed by atoms with van der Waals surface area (Å²) in [5.41, 5.74) is 1.83. The van der Waals surface area contributed by atoms with E-state index in [0.717, 1.165) is 24.0 Å². The van der Waals surface area contributed by atoms with Crippen LogP contribution in [0.15, 0.2) is 18.2 Å². The van der Waals surface area contributed by atoms with Crippen molar-refractivity contribution in [3.05, 3.63) is 29.3 Å². The van der Waals surface area contributed by atoms with Crippen LogP contribution in [0.3, 0.4) is 0 Å². The molecule has 0 heterocycles. The highest BCUT2D eigenvalue weighted by Gasteiger charge is 2.29. The van der Waals surface area contributed by atoms with Gasteiger partial charge in [-0.25, -0.2) is 0 Å². The van der Waals surface area contributed by atoms with Crippen molar-refractivity contribution in [2.75, 3.05) is 7.11 Å². The minimum absolute atomic E-state index is 0.247. The predicted octanol–water partition coefficient (Wildman–Crippen LogP) is 1.99. The van der Waals surface area contributed by atoms with E-state index in [4.69, 9.17) is 0 Å². The van der Waals surface area contributed by atoms with Gasteiger partial charge < -0.3 is 9.84 Å². The van der Waals surface area contributed by atoms with Gasteiger partial charge in [0.2, 0.25) is 0 Å². The van der Waals surface area contributed by atoms with Crippen molar-refractivity contribution in [1.82, 2.24) is 0 Å². The third-order valence-corrected chi connectivity index (χ3v) is 2.72. The van der Waals surface area contributed by atoms with Crippen molar-refractivity contribution in [1.29, 1.82) is 0 Å². The van der Waals surface area contributed by atoms with Crippen LogP contribution in [-0.2, 0) is 16.0 Å². The Labute approximate surface area is 88.7 Å². The van der Waals surface area contributed by atoms with E-state index in [1.165, 1.54) is 7.11 Å². The van der Waals surface area contributed by atoms with E-state index in [9.17, 15) is 9.90 Å². The fraction of sp³-hybridized carbons (Fsp3) is 0.417. The first kappa shape index (κ1) is 10.0. The fourth-order valence-corrected chi connectivity index (χ4v) is 1.82. The van der Waals surface area contributed by atoms with Gasteiger partial charge in [0.1, 0.15) is 5.75 Å². The second kappa shape index (κ2) is 3.93. The summed E-state index contributed by atoms with van der Waals surface area (Å²) < 4.78 is 4.63. The van der Waals surface area contributed by atoms with Crippen LogP contribution in [0, 0.1) is 0 Å². The number of hydrogen-bond acceptors (Lipinski definition) is 3. The van der Waals surface area contributed by atoms with Gasteiger partial charge in [0.25, 0.3) is 0 Å². The van der Waals surface area contributed by atoms with Crippen LogP contribution in [0.1, 0.15) is 29.9 Å². The molecular formula is C12H14O3. The van der Waals surface area contributed by atoms with Gasteiger partial charge in [-0.1, -0.05) is 12.1 Å². The van der Waals surface area contributed by atoms with E-state index >= 15 is 0 Å². The number of rotatable bonds is 3. The predicted molar refractivity (Wildman–Crippen MR) is 55.8 cm³/mol. The maximum absolute atomic E-state index is 11.2. The molecule has 0 amide bonds. The minimum atomic E-state index is -0.262. The number of carbonyl (C=O) groups is 1. The Kier molecular flexibility index (Phi) is 2.62.